The maximum absolute atomic E-state index is 12.0. The summed E-state index contributed by atoms with van der Waals surface area (Å²) in [7, 11) is 0. The fourth-order valence-electron chi connectivity index (χ4n) is 1.85. The van der Waals surface area contributed by atoms with Gasteiger partial charge in [-0.3, -0.25) is 4.79 Å². The van der Waals surface area contributed by atoms with E-state index >= 15 is 0 Å². The molecule has 4 nitrogen and oxygen atoms in total. The fraction of sp³-hybridized carbons (Fsp3) is 0.600. The van der Waals surface area contributed by atoms with Crippen LogP contribution >= 0.6 is 0 Å². The highest BCUT2D eigenvalue weighted by Crippen LogP contribution is 2.13. The zero-order valence-corrected chi connectivity index (χ0v) is 15.8. The van der Waals surface area contributed by atoms with Gasteiger partial charge in [0.25, 0.3) is 0 Å². The van der Waals surface area contributed by atoms with Crippen LogP contribution in [0.2, 0.25) is 0 Å². The molecule has 1 unspecified atom stereocenters. The van der Waals surface area contributed by atoms with Crippen LogP contribution in [0.1, 0.15) is 53.9 Å². The summed E-state index contributed by atoms with van der Waals surface area (Å²) >= 11 is 0. The lowest BCUT2D eigenvalue weighted by Gasteiger charge is -2.17. The Morgan fingerprint density at radius 2 is 1.71 bits per heavy atom. The smallest absolute Gasteiger partial charge is 0.333 e. The summed E-state index contributed by atoms with van der Waals surface area (Å²) in [6.07, 6.45) is 4.65. The molecule has 0 bridgehead atoms. The van der Waals surface area contributed by atoms with Gasteiger partial charge < -0.3 is 9.47 Å². The van der Waals surface area contributed by atoms with Crippen LogP contribution in [0.25, 0.3) is 0 Å². The van der Waals surface area contributed by atoms with Gasteiger partial charge in [0.05, 0.1) is 13.0 Å². The molecule has 0 spiro atoms. The van der Waals surface area contributed by atoms with Gasteiger partial charge in [0, 0.05) is 5.57 Å². The van der Waals surface area contributed by atoms with E-state index in [1.165, 1.54) is 0 Å². The Morgan fingerprint density at radius 1 is 1.08 bits per heavy atom. The molecular formula is C20H32O4. The van der Waals surface area contributed by atoms with Crippen molar-refractivity contribution < 1.29 is 19.1 Å². The van der Waals surface area contributed by atoms with Crippen LogP contribution in [-0.4, -0.2) is 24.6 Å². The van der Waals surface area contributed by atoms with Crippen molar-refractivity contribution in [2.75, 3.05) is 6.61 Å². The summed E-state index contributed by atoms with van der Waals surface area (Å²) in [5.74, 6) is -0.182. The van der Waals surface area contributed by atoms with Crippen molar-refractivity contribution in [2.45, 2.75) is 60.0 Å². The third-order valence-electron chi connectivity index (χ3n) is 3.16. The minimum absolute atomic E-state index is 0.121. The average molecular weight is 336 g/mol. The molecule has 0 radical (unpaired) electrons. The van der Waals surface area contributed by atoms with Crippen molar-refractivity contribution in [3.8, 4) is 0 Å². The van der Waals surface area contributed by atoms with Gasteiger partial charge in [0.2, 0.25) is 0 Å². The summed E-state index contributed by atoms with van der Waals surface area (Å²) in [4.78, 5) is 23.8. The molecule has 0 aliphatic heterocycles. The normalized spacial score (nSPS) is 12.5. The van der Waals surface area contributed by atoms with Gasteiger partial charge >= 0.3 is 11.9 Å². The van der Waals surface area contributed by atoms with Crippen molar-refractivity contribution in [2.24, 2.45) is 11.8 Å². The van der Waals surface area contributed by atoms with Crippen LogP contribution in [0.5, 0.6) is 0 Å². The molecular weight excluding hydrogens is 304 g/mol. The molecule has 136 valence electrons. The quantitative estimate of drug-likeness (QED) is 0.314. The fourth-order valence-corrected chi connectivity index (χ4v) is 1.85. The number of carbonyl (C=O) groups is 2. The zero-order chi connectivity index (χ0) is 18.7. The third-order valence-corrected chi connectivity index (χ3v) is 3.16. The summed E-state index contributed by atoms with van der Waals surface area (Å²) in [5, 5.41) is 0. The Kier molecular flexibility index (Phi) is 10.8. The minimum Gasteiger partial charge on any atom is -0.462 e. The molecule has 0 aromatic carbocycles. The molecule has 0 N–H and O–H groups in total. The monoisotopic (exact) mass is 336 g/mol. The molecule has 0 aromatic rings. The first-order valence-electron chi connectivity index (χ1n) is 8.49. The van der Waals surface area contributed by atoms with Crippen LogP contribution < -0.4 is 0 Å². The summed E-state index contributed by atoms with van der Waals surface area (Å²) in [5.41, 5.74) is 1.01. The van der Waals surface area contributed by atoms with Gasteiger partial charge in [-0.25, -0.2) is 4.79 Å². The van der Waals surface area contributed by atoms with Gasteiger partial charge in [-0.2, -0.15) is 0 Å². The van der Waals surface area contributed by atoms with E-state index in [2.05, 4.69) is 27.0 Å². The lowest BCUT2D eigenvalue weighted by atomic mass is 10.0. The van der Waals surface area contributed by atoms with Gasteiger partial charge in [-0.1, -0.05) is 52.5 Å². The van der Waals surface area contributed by atoms with Gasteiger partial charge in [0.1, 0.15) is 6.10 Å². The second-order valence-electron chi connectivity index (χ2n) is 6.96. The molecule has 0 saturated carbocycles. The molecule has 24 heavy (non-hydrogen) atoms. The summed E-state index contributed by atoms with van der Waals surface area (Å²) in [6, 6.07) is 0. The predicted octanol–water partition coefficient (Wildman–Crippen LogP) is 4.61. The Bertz CT molecular complexity index is 472. The lowest BCUT2D eigenvalue weighted by Crippen LogP contribution is -2.20. The number of carbonyl (C=O) groups excluding carboxylic acids is 2. The van der Waals surface area contributed by atoms with Gasteiger partial charge in [0.15, 0.2) is 0 Å². The Hall–Kier alpha value is -1.84. The SMILES string of the molecule is C=C(C)/C=C/C(CC(C)C)OC(=O)CC(=C)C(=O)OCCC(C)C. The van der Waals surface area contributed by atoms with E-state index < -0.39 is 11.9 Å². The van der Waals surface area contributed by atoms with Gasteiger partial charge in [-0.05, 0) is 37.7 Å². The van der Waals surface area contributed by atoms with E-state index in [0.717, 1.165) is 12.0 Å². The second kappa shape index (κ2) is 11.7. The number of allylic oxidation sites excluding steroid dienone is 2. The van der Waals surface area contributed by atoms with E-state index in [-0.39, 0.29) is 18.1 Å². The largest absolute Gasteiger partial charge is 0.462 e. The van der Waals surface area contributed by atoms with Crippen molar-refractivity contribution >= 4 is 11.9 Å². The molecule has 0 fully saturated rings. The molecule has 0 heterocycles. The third kappa shape index (κ3) is 11.7. The highest BCUT2D eigenvalue weighted by Gasteiger charge is 2.18. The highest BCUT2D eigenvalue weighted by molar-refractivity contribution is 5.93. The van der Waals surface area contributed by atoms with Crippen molar-refractivity contribution in [1.82, 2.24) is 0 Å². The summed E-state index contributed by atoms with van der Waals surface area (Å²) in [6.45, 7) is 17.8. The first kappa shape index (κ1) is 22.2. The molecule has 0 saturated heterocycles. The van der Waals surface area contributed by atoms with E-state index in [1.54, 1.807) is 0 Å². The first-order valence-corrected chi connectivity index (χ1v) is 8.49. The standard InChI is InChI=1S/C20H32O4/c1-14(2)8-9-18(12-16(5)6)24-19(21)13-17(7)20(22)23-11-10-15(3)4/h8-9,15-16,18H,1,7,10-13H2,2-6H3/b9-8+. The molecule has 0 aliphatic carbocycles. The Morgan fingerprint density at radius 3 is 2.21 bits per heavy atom. The van der Waals surface area contributed by atoms with Crippen molar-refractivity contribution in [3.05, 3.63) is 36.5 Å². The maximum atomic E-state index is 12.0. The molecule has 0 amide bonds. The molecule has 0 aliphatic rings. The number of rotatable bonds is 11. The van der Waals surface area contributed by atoms with Crippen LogP contribution in [-0.2, 0) is 19.1 Å². The predicted molar refractivity (Wildman–Crippen MR) is 97.5 cm³/mol. The molecule has 0 aromatic heterocycles. The zero-order valence-electron chi connectivity index (χ0n) is 15.8. The minimum atomic E-state index is -0.537. The lowest BCUT2D eigenvalue weighted by molar-refractivity contribution is -0.149. The average Bonchev–Trinajstić information content (AvgIpc) is 2.43. The topological polar surface area (TPSA) is 52.6 Å². The summed E-state index contributed by atoms with van der Waals surface area (Å²) < 4.78 is 10.5. The van der Waals surface area contributed by atoms with E-state index in [0.29, 0.717) is 24.9 Å². The Balaban J connectivity index is 4.47. The number of hydrogen-bond acceptors (Lipinski definition) is 4. The van der Waals surface area contributed by atoms with Crippen LogP contribution in [0.3, 0.4) is 0 Å². The van der Waals surface area contributed by atoms with E-state index in [9.17, 15) is 9.59 Å². The molecule has 0 rings (SSSR count). The number of hydrogen-bond donors (Lipinski definition) is 0. The van der Waals surface area contributed by atoms with Crippen molar-refractivity contribution in [1.29, 1.82) is 0 Å². The number of esters is 2. The van der Waals surface area contributed by atoms with Crippen LogP contribution in [0.15, 0.2) is 36.5 Å². The van der Waals surface area contributed by atoms with Crippen molar-refractivity contribution in [3.63, 3.8) is 0 Å². The molecule has 1 atom stereocenters. The molecule has 4 heteroatoms. The first-order chi connectivity index (χ1) is 11.1. The maximum Gasteiger partial charge on any atom is 0.333 e. The van der Waals surface area contributed by atoms with Gasteiger partial charge in [-0.15, -0.1) is 0 Å². The van der Waals surface area contributed by atoms with Crippen LogP contribution in [0.4, 0.5) is 0 Å². The second-order valence-corrected chi connectivity index (χ2v) is 6.96. The number of ether oxygens (including phenoxy) is 2. The van der Waals surface area contributed by atoms with E-state index in [4.69, 9.17) is 9.47 Å². The Labute approximate surface area is 146 Å². The van der Waals surface area contributed by atoms with Crippen LogP contribution in [0, 0.1) is 11.8 Å². The highest BCUT2D eigenvalue weighted by atomic mass is 16.5. The van der Waals surface area contributed by atoms with E-state index in [1.807, 2.05) is 32.9 Å².